The number of allylic oxidation sites excluding steroid dienone is 1. The lowest BCUT2D eigenvalue weighted by atomic mass is 10.1. The molecular weight excluding hydrogens is 312 g/mol. The number of unbranched alkanes of at least 4 members (excludes halogenated alkanes) is 1. The van der Waals surface area contributed by atoms with Crippen molar-refractivity contribution >= 4 is 14.4 Å². The van der Waals surface area contributed by atoms with Crippen LogP contribution in [0.2, 0.25) is 18.1 Å². The van der Waals surface area contributed by atoms with Crippen molar-refractivity contribution < 1.29 is 9.16 Å². The molecule has 134 valence electrons. The third-order valence-corrected chi connectivity index (χ3v) is 8.74. The number of benzene rings is 1. The third-order valence-electron chi connectivity index (χ3n) is 4.42. The summed E-state index contributed by atoms with van der Waals surface area (Å²) in [6.07, 6.45) is 6.32. The summed E-state index contributed by atoms with van der Waals surface area (Å²) in [4.78, 5) is 0. The number of hydrogen-bond donors (Lipinski definition) is 0. The van der Waals surface area contributed by atoms with E-state index in [2.05, 4.69) is 72.0 Å². The molecule has 0 spiro atoms. The van der Waals surface area contributed by atoms with E-state index in [-0.39, 0.29) is 5.04 Å². The number of ether oxygens (including phenoxy) is 1. The van der Waals surface area contributed by atoms with Gasteiger partial charge in [0.05, 0.1) is 0 Å². The maximum absolute atomic E-state index is 6.36. The molecule has 0 aliphatic heterocycles. The van der Waals surface area contributed by atoms with Gasteiger partial charge < -0.3 is 9.16 Å². The van der Waals surface area contributed by atoms with Crippen molar-refractivity contribution in [2.45, 2.75) is 65.6 Å². The van der Waals surface area contributed by atoms with Crippen molar-refractivity contribution in [1.82, 2.24) is 0 Å². The molecule has 0 aliphatic carbocycles. The topological polar surface area (TPSA) is 18.5 Å². The predicted octanol–water partition coefficient (Wildman–Crippen LogP) is 6.77. The summed E-state index contributed by atoms with van der Waals surface area (Å²) >= 11 is 0. The van der Waals surface area contributed by atoms with Crippen LogP contribution in [-0.2, 0) is 9.16 Å². The molecule has 0 radical (unpaired) electrons. The van der Waals surface area contributed by atoms with Crippen LogP contribution < -0.4 is 0 Å². The monoisotopic (exact) mass is 346 g/mol. The summed E-state index contributed by atoms with van der Waals surface area (Å²) in [6.45, 7) is 16.1. The van der Waals surface area contributed by atoms with Crippen LogP contribution >= 0.6 is 0 Å². The molecule has 0 atom stereocenters. The van der Waals surface area contributed by atoms with E-state index in [4.69, 9.17) is 9.16 Å². The summed E-state index contributed by atoms with van der Waals surface area (Å²) < 4.78 is 12.4. The van der Waals surface area contributed by atoms with Crippen molar-refractivity contribution in [3.63, 3.8) is 0 Å². The fraction of sp³-hybridized carbons (Fsp3) is 0.524. The van der Waals surface area contributed by atoms with Crippen LogP contribution in [0.25, 0.3) is 6.08 Å². The molecule has 1 aromatic carbocycles. The maximum atomic E-state index is 6.36. The average Bonchev–Trinajstić information content (AvgIpc) is 2.49. The van der Waals surface area contributed by atoms with E-state index in [9.17, 15) is 0 Å². The van der Waals surface area contributed by atoms with Crippen LogP contribution in [0.3, 0.4) is 0 Å². The zero-order chi connectivity index (χ0) is 18.2. The highest BCUT2D eigenvalue weighted by Gasteiger charge is 2.39. The van der Waals surface area contributed by atoms with Gasteiger partial charge in [-0.15, -0.1) is 0 Å². The largest absolute Gasteiger partial charge is 0.519 e. The van der Waals surface area contributed by atoms with Crippen LogP contribution in [0.1, 0.15) is 53.0 Å². The van der Waals surface area contributed by atoms with Gasteiger partial charge in [0.25, 0.3) is 14.3 Å². The van der Waals surface area contributed by atoms with Gasteiger partial charge in [0.2, 0.25) is 0 Å². The quantitative estimate of drug-likeness (QED) is 0.382. The highest BCUT2D eigenvalue weighted by molar-refractivity contribution is 6.74. The molecule has 0 saturated carbocycles. The van der Waals surface area contributed by atoms with Crippen LogP contribution in [0.5, 0.6) is 0 Å². The third kappa shape index (κ3) is 6.96. The van der Waals surface area contributed by atoms with Gasteiger partial charge in [-0.3, -0.25) is 0 Å². The van der Waals surface area contributed by atoms with Crippen LogP contribution in [0.15, 0.2) is 47.9 Å². The lowest BCUT2D eigenvalue weighted by Gasteiger charge is -2.36. The lowest BCUT2D eigenvalue weighted by molar-refractivity contribution is 0.112. The Labute approximate surface area is 149 Å². The molecule has 0 fully saturated rings. The van der Waals surface area contributed by atoms with E-state index in [1.807, 2.05) is 18.2 Å². The minimum Gasteiger partial charge on any atom is -0.519 e. The van der Waals surface area contributed by atoms with E-state index in [0.29, 0.717) is 12.6 Å². The van der Waals surface area contributed by atoms with Gasteiger partial charge in [-0.05, 0) is 48.7 Å². The molecule has 3 heteroatoms. The first kappa shape index (κ1) is 20.6. The van der Waals surface area contributed by atoms with Crippen molar-refractivity contribution in [3.8, 4) is 0 Å². The molecule has 2 nitrogen and oxygen atoms in total. The highest BCUT2D eigenvalue weighted by Crippen LogP contribution is 2.38. The SMILES string of the molecule is CCC/C=C(/OC/C(C)=C/c1ccccc1)O[Si](C)(C)C(C)(C)C. The second kappa shape index (κ2) is 9.12. The summed E-state index contributed by atoms with van der Waals surface area (Å²) in [6, 6.07) is 10.3. The Morgan fingerprint density at radius 2 is 1.75 bits per heavy atom. The Bertz CT molecular complexity index is 551. The minimum absolute atomic E-state index is 0.163. The van der Waals surface area contributed by atoms with Crippen molar-refractivity contribution in [3.05, 3.63) is 53.5 Å². The van der Waals surface area contributed by atoms with Gasteiger partial charge in [-0.25, -0.2) is 0 Å². The van der Waals surface area contributed by atoms with E-state index < -0.39 is 8.32 Å². The number of rotatable bonds is 8. The first-order chi connectivity index (χ1) is 11.2. The summed E-state index contributed by atoms with van der Waals surface area (Å²) in [5.41, 5.74) is 2.38. The molecule has 0 aromatic heterocycles. The van der Waals surface area contributed by atoms with Crippen LogP contribution in [0, 0.1) is 0 Å². The molecule has 0 saturated heterocycles. The normalized spacial score (nSPS) is 13.8. The Balaban J connectivity index is 2.75. The molecule has 0 heterocycles. The summed E-state index contributed by atoms with van der Waals surface area (Å²) in [7, 11) is -1.88. The summed E-state index contributed by atoms with van der Waals surface area (Å²) in [5.74, 6) is 0.698. The Hall–Kier alpha value is -1.48. The summed E-state index contributed by atoms with van der Waals surface area (Å²) in [5, 5.41) is 0.163. The van der Waals surface area contributed by atoms with Gasteiger partial charge in [0.1, 0.15) is 6.61 Å². The van der Waals surface area contributed by atoms with Crippen molar-refractivity contribution in [2.24, 2.45) is 0 Å². The molecule has 0 bridgehead atoms. The van der Waals surface area contributed by atoms with Gasteiger partial charge >= 0.3 is 0 Å². The Morgan fingerprint density at radius 3 is 2.29 bits per heavy atom. The number of hydrogen-bond acceptors (Lipinski definition) is 2. The fourth-order valence-electron chi connectivity index (χ4n) is 1.86. The zero-order valence-corrected chi connectivity index (χ0v) is 17.5. The molecule has 1 aromatic rings. The van der Waals surface area contributed by atoms with Gasteiger partial charge in [0.15, 0.2) is 0 Å². The fourth-order valence-corrected chi connectivity index (χ4v) is 2.81. The van der Waals surface area contributed by atoms with E-state index in [0.717, 1.165) is 12.8 Å². The molecule has 1 rings (SSSR count). The zero-order valence-electron chi connectivity index (χ0n) is 16.5. The maximum Gasteiger partial charge on any atom is 0.261 e. The minimum atomic E-state index is -1.88. The molecule has 0 amide bonds. The highest BCUT2D eigenvalue weighted by atomic mass is 28.4. The Morgan fingerprint density at radius 1 is 1.12 bits per heavy atom. The standard InChI is InChI=1S/C21H34O2Si/c1-8-9-15-20(23-24(6,7)21(3,4)5)22-17-18(2)16-19-13-11-10-12-14-19/h10-16H,8-9,17H2,1-7H3/b18-16+,20-15-. The average molecular weight is 347 g/mol. The van der Waals surface area contributed by atoms with Crippen LogP contribution in [0.4, 0.5) is 0 Å². The first-order valence-electron chi connectivity index (χ1n) is 8.90. The lowest BCUT2D eigenvalue weighted by Crippen LogP contribution is -2.40. The van der Waals surface area contributed by atoms with Gasteiger partial charge in [-0.2, -0.15) is 0 Å². The van der Waals surface area contributed by atoms with Gasteiger partial charge in [-0.1, -0.05) is 70.5 Å². The molecule has 0 unspecified atom stereocenters. The van der Waals surface area contributed by atoms with Crippen molar-refractivity contribution in [2.75, 3.05) is 6.61 Å². The molecule has 24 heavy (non-hydrogen) atoms. The molecule has 0 aliphatic rings. The second-order valence-corrected chi connectivity index (χ2v) is 12.6. The van der Waals surface area contributed by atoms with E-state index in [1.165, 1.54) is 11.1 Å². The van der Waals surface area contributed by atoms with Crippen molar-refractivity contribution in [1.29, 1.82) is 0 Å². The van der Waals surface area contributed by atoms with E-state index in [1.54, 1.807) is 0 Å². The Kier molecular flexibility index (Phi) is 7.81. The second-order valence-electron chi connectivity index (χ2n) is 7.86. The first-order valence-corrected chi connectivity index (χ1v) is 11.8. The van der Waals surface area contributed by atoms with Crippen LogP contribution in [-0.4, -0.2) is 14.9 Å². The van der Waals surface area contributed by atoms with E-state index >= 15 is 0 Å². The smallest absolute Gasteiger partial charge is 0.261 e. The molecule has 0 N–H and O–H groups in total. The van der Waals surface area contributed by atoms with Gasteiger partial charge in [0, 0.05) is 0 Å². The predicted molar refractivity (Wildman–Crippen MR) is 107 cm³/mol. The molecular formula is C21H34O2Si.